The van der Waals surface area contributed by atoms with Gasteiger partial charge in [-0.3, -0.25) is 4.57 Å². The summed E-state index contributed by atoms with van der Waals surface area (Å²) in [5.41, 5.74) is 3.48. The third kappa shape index (κ3) is 2.87. The summed E-state index contributed by atoms with van der Waals surface area (Å²) in [4.78, 5) is 9.29. The van der Waals surface area contributed by atoms with Crippen molar-refractivity contribution in [1.29, 1.82) is 0 Å². The fourth-order valence-electron chi connectivity index (χ4n) is 2.93. The lowest BCUT2D eigenvalue weighted by Crippen LogP contribution is -2.44. The molecular formula is C17H19N5S. The highest BCUT2D eigenvalue weighted by atomic mass is 32.1. The van der Waals surface area contributed by atoms with Crippen molar-refractivity contribution in [2.75, 3.05) is 38.1 Å². The second kappa shape index (κ2) is 6.14. The van der Waals surface area contributed by atoms with Crippen molar-refractivity contribution < 1.29 is 0 Å². The second-order valence-electron chi connectivity index (χ2n) is 5.84. The van der Waals surface area contributed by atoms with E-state index in [9.17, 15) is 0 Å². The normalized spacial score (nSPS) is 16.0. The molecule has 0 atom stereocenters. The molecule has 0 bridgehead atoms. The Bertz CT molecular complexity index is 755. The van der Waals surface area contributed by atoms with E-state index < -0.39 is 0 Å². The molecule has 5 nitrogen and oxygen atoms in total. The van der Waals surface area contributed by atoms with Gasteiger partial charge in [-0.1, -0.05) is 0 Å². The zero-order valence-electron chi connectivity index (χ0n) is 13.1. The molecule has 6 heteroatoms. The molecule has 0 radical (unpaired) electrons. The van der Waals surface area contributed by atoms with Crippen LogP contribution in [0.4, 0.5) is 5.69 Å². The first-order chi connectivity index (χ1) is 11.3. The van der Waals surface area contributed by atoms with Gasteiger partial charge in [-0.25, -0.2) is 9.36 Å². The minimum atomic E-state index is 0.936. The van der Waals surface area contributed by atoms with E-state index in [0.29, 0.717) is 0 Å². The average molecular weight is 325 g/mol. The number of aromatic nitrogens is 3. The van der Waals surface area contributed by atoms with Crippen LogP contribution in [0, 0.1) is 0 Å². The van der Waals surface area contributed by atoms with Crippen LogP contribution in [-0.4, -0.2) is 52.1 Å². The van der Waals surface area contributed by atoms with Crippen LogP contribution < -0.4 is 4.90 Å². The molecule has 118 valence electrons. The molecule has 0 saturated carbocycles. The van der Waals surface area contributed by atoms with Crippen LogP contribution >= 0.6 is 11.5 Å². The molecule has 1 aromatic carbocycles. The van der Waals surface area contributed by atoms with Crippen molar-refractivity contribution >= 4 is 17.2 Å². The maximum Gasteiger partial charge on any atom is 0.146 e. The molecular weight excluding hydrogens is 306 g/mol. The van der Waals surface area contributed by atoms with Gasteiger partial charge in [0, 0.05) is 60.9 Å². The summed E-state index contributed by atoms with van der Waals surface area (Å²) in [5.74, 6) is 0.936. The number of anilines is 1. The molecule has 4 rings (SSSR count). The van der Waals surface area contributed by atoms with E-state index in [1.54, 1.807) is 0 Å². The predicted octanol–water partition coefficient (Wildman–Crippen LogP) is 2.75. The lowest BCUT2D eigenvalue weighted by atomic mass is 10.2. The Morgan fingerprint density at radius 1 is 1.00 bits per heavy atom. The van der Waals surface area contributed by atoms with Crippen LogP contribution in [0.3, 0.4) is 0 Å². The van der Waals surface area contributed by atoms with Gasteiger partial charge in [-0.15, -0.1) is 0 Å². The van der Waals surface area contributed by atoms with E-state index in [2.05, 4.69) is 55.0 Å². The molecule has 1 fully saturated rings. The first-order valence-electron chi connectivity index (χ1n) is 7.78. The number of rotatable bonds is 3. The summed E-state index contributed by atoms with van der Waals surface area (Å²) in [6, 6.07) is 8.74. The fourth-order valence-corrected chi connectivity index (χ4v) is 3.44. The van der Waals surface area contributed by atoms with Crippen LogP contribution in [0.25, 0.3) is 17.1 Å². The van der Waals surface area contributed by atoms with Crippen LogP contribution in [0.5, 0.6) is 0 Å². The summed E-state index contributed by atoms with van der Waals surface area (Å²) in [5, 5.41) is 2.03. The van der Waals surface area contributed by atoms with Gasteiger partial charge < -0.3 is 9.80 Å². The lowest BCUT2D eigenvalue weighted by Gasteiger charge is -2.34. The molecule has 0 amide bonds. The number of nitrogens with zero attached hydrogens (tertiary/aromatic N) is 5. The highest BCUT2D eigenvalue weighted by Gasteiger charge is 2.14. The Labute approximate surface area is 140 Å². The Morgan fingerprint density at radius 3 is 2.43 bits per heavy atom. The highest BCUT2D eigenvalue weighted by molar-refractivity contribution is 7.03. The summed E-state index contributed by atoms with van der Waals surface area (Å²) >= 11 is 1.45. The van der Waals surface area contributed by atoms with E-state index in [4.69, 9.17) is 0 Å². The molecule has 1 aliphatic rings. The molecule has 1 saturated heterocycles. The van der Waals surface area contributed by atoms with E-state index >= 15 is 0 Å². The topological polar surface area (TPSA) is 37.2 Å². The number of hydrogen-bond donors (Lipinski definition) is 0. The first-order valence-corrected chi connectivity index (χ1v) is 8.62. The van der Waals surface area contributed by atoms with E-state index in [0.717, 1.165) is 43.3 Å². The van der Waals surface area contributed by atoms with Gasteiger partial charge in [-0.05, 0) is 42.8 Å². The average Bonchev–Trinajstić information content (AvgIpc) is 3.27. The lowest BCUT2D eigenvalue weighted by molar-refractivity contribution is 0.313. The number of benzene rings is 1. The quantitative estimate of drug-likeness (QED) is 0.742. The maximum atomic E-state index is 4.47. The summed E-state index contributed by atoms with van der Waals surface area (Å²) in [6.45, 7) is 4.43. The van der Waals surface area contributed by atoms with Crippen molar-refractivity contribution in [3.8, 4) is 17.1 Å². The smallest absolute Gasteiger partial charge is 0.146 e. The van der Waals surface area contributed by atoms with Gasteiger partial charge in [0.15, 0.2) is 0 Å². The fraction of sp³-hybridized carbons (Fsp3) is 0.294. The third-order valence-corrected chi connectivity index (χ3v) is 4.91. The number of imidazole rings is 1. The molecule has 0 unspecified atom stereocenters. The van der Waals surface area contributed by atoms with Crippen LogP contribution in [0.2, 0.25) is 0 Å². The largest absolute Gasteiger partial charge is 0.369 e. The number of hydrogen-bond acceptors (Lipinski definition) is 5. The van der Waals surface area contributed by atoms with Crippen LogP contribution in [-0.2, 0) is 0 Å². The number of piperazine rings is 1. The Hall–Kier alpha value is -2.18. The summed E-state index contributed by atoms with van der Waals surface area (Å²) < 4.78 is 6.28. The maximum absolute atomic E-state index is 4.47. The van der Waals surface area contributed by atoms with Crippen molar-refractivity contribution in [1.82, 2.24) is 18.8 Å². The van der Waals surface area contributed by atoms with Gasteiger partial charge in [0.1, 0.15) is 5.82 Å². The molecule has 3 heterocycles. The Balaban J connectivity index is 1.58. The Kier molecular flexibility index (Phi) is 3.85. The van der Waals surface area contributed by atoms with E-state index in [1.165, 1.54) is 17.2 Å². The highest BCUT2D eigenvalue weighted by Crippen LogP contribution is 2.24. The molecule has 23 heavy (non-hydrogen) atoms. The van der Waals surface area contributed by atoms with Crippen LogP contribution in [0.15, 0.2) is 48.2 Å². The van der Waals surface area contributed by atoms with E-state index in [1.807, 2.05) is 24.0 Å². The minimum absolute atomic E-state index is 0.936. The standard InChI is InChI=1S/C17H19N5S/c1-20-8-10-21(11-9-20)15-2-4-16(5-3-15)22-7-6-18-17(22)14-12-19-23-13-14/h2-7,12-13H,8-11H2,1H3. The second-order valence-corrected chi connectivity index (χ2v) is 6.50. The molecule has 0 N–H and O–H groups in total. The van der Waals surface area contributed by atoms with Crippen LogP contribution in [0.1, 0.15) is 0 Å². The monoisotopic (exact) mass is 325 g/mol. The SMILES string of the molecule is CN1CCN(c2ccc(-n3ccnc3-c3cnsc3)cc2)CC1. The van der Waals surface area contributed by atoms with E-state index in [-0.39, 0.29) is 0 Å². The van der Waals surface area contributed by atoms with Gasteiger partial charge in [0.2, 0.25) is 0 Å². The molecule has 0 aliphatic carbocycles. The van der Waals surface area contributed by atoms with Gasteiger partial charge in [-0.2, -0.15) is 0 Å². The summed E-state index contributed by atoms with van der Waals surface area (Å²) in [6.07, 6.45) is 5.70. The van der Waals surface area contributed by atoms with Gasteiger partial charge in [0.25, 0.3) is 0 Å². The molecule has 2 aromatic heterocycles. The van der Waals surface area contributed by atoms with Gasteiger partial charge >= 0.3 is 0 Å². The van der Waals surface area contributed by atoms with Gasteiger partial charge in [0.05, 0.1) is 6.20 Å². The predicted molar refractivity (Wildman–Crippen MR) is 94.4 cm³/mol. The van der Waals surface area contributed by atoms with Crippen molar-refractivity contribution in [3.63, 3.8) is 0 Å². The molecule has 1 aliphatic heterocycles. The van der Waals surface area contributed by atoms with Crippen molar-refractivity contribution in [2.45, 2.75) is 0 Å². The minimum Gasteiger partial charge on any atom is -0.369 e. The number of likely N-dealkylation sites (N-methyl/N-ethyl adjacent to an activating group) is 1. The molecule has 3 aromatic rings. The first kappa shape index (κ1) is 14.4. The Morgan fingerprint density at radius 2 is 1.74 bits per heavy atom. The summed E-state index contributed by atoms with van der Waals surface area (Å²) in [7, 11) is 2.18. The zero-order chi connectivity index (χ0) is 15.6. The zero-order valence-corrected chi connectivity index (χ0v) is 13.9. The van der Waals surface area contributed by atoms with Crippen molar-refractivity contribution in [2.24, 2.45) is 0 Å². The molecule has 0 spiro atoms. The third-order valence-electron chi connectivity index (χ3n) is 4.33. The van der Waals surface area contributed by atoms with Crippen molar-refractivity contribution in [3.05, 3.63) is 48.2 Å².